The summed E-state index contributed by atoms with van der Waals surface area (Å²) < 4.78 is 5.03. The van der Waals surface area contributed by atoms with E-state index < -0.39 is 0 Å². The zero-order valence-corrected chi connectivity index (χ0v) is 14.2. The standard InChI is InChI=1S/C17H18N6O2/c1-17(2,3)23-14-12-13(19-8-18-12)21-16(22-14)20-10-5-4-9-7-25-15(24)11(9)6-10/h4-6,8H,7H2,1-3H3,(H3,18,19,20,21,22,23). The minimum Gasteiger partial charge on any atom is -0.457 e. The third-order valence-corrected chi connectivity index (χ3v) is 3.72. The van der Waals surface area contributed by atoms with Crippen LogP contribution in [0.25, 0.3) is 11.2 Å². The van der Waals surface area contributed by atoms with Crippen LogP contribution in [0.1, 0.15) is 36.7 Å². The summed E-state index contributed by atoms with van der Waals surface area (Å²) in [6.45, 7) is 6.48. The molecule has 3 aromatic rings. The van der Waals surface area contributed by atoms with E-state index in [1.807, 2.05) is 12.1 Å². The number of ether oxygens (including phenoxy) is 1. The number of benzene rings is 1. The normalized spacial score (nSPS) is 13.6. The van der Waals surface area contributed by atoms with Crippen LogP contribution in [0.4, 0.5) is 17.5 Å². The first kappa shape index (κ1) is 15.4. The third kappa shape index (κ3) is 2.98. The van der Waals surface area contributed by atoms with Crippen molar-refractivity contribution < 1.29 is 9.53 Å². The van der Waals surface area contributed by atoms with Crippen molar-refractivity contribution in [1.82, 2.24) is 19.9 Å². The molecule has 1 aromatic carbocycles. The molecule has 0 bridgehead atoms. The number of aromatic nitrogens is 4. The van der Waals surface area contributed by atoms with E-state index in [-0.39, 0.29) is 11.5 Å². The van der Waals surface area contributed by atoms with Gasteiger partial charge in [-0.2, -0.15) is 9.97 Å². The Morgan fingerprint density at radius 2 is 2.08 bits per heavy atom. The maximum Gasteiger partial charge on any atom is 0.338 e. The van der Waals surface area contributed by atoms with Crippen LogP contribution in [0, 0.1) is 0 Å². The van der Waals surface area contributed by atoms with Gasteiger partial charge in [-0.15, -0.1) is 0 Å². The number of rotatable bonds is 3. The van der Waals surface area contributed by atoms with E-state index in [2.05, 4.69) is 51.3 Å². The van der Waals surface area contributed by atoms with Crippen LogP contribution in [0.15, 0.2) is 24.5 Å². The van der Waals surface area contributed by atoms with E-state index >= 15 is 0 Å². The molecule has 128 valence electrons. The van der Waals surface area contributed by atoms with E-state index in [0.29, 0.717) is 35.3 Å². The number of carbonyl (C=O) groups is 1. The Kier molecular flexibility index (Phi) is 3.34. The molecule has 3 N–H and O–H groups in total. The van der Waals surface area contributed by atoms with E-state index in [1.54, 1.807) is 12.4 Å². The van der Waals surface area contributed by atoms with Gasteiger partial charge in [-0.05, 0) is 32.9 Å². The molecule has 4 rings (SSSR count). The highest BCUT2D eigenvalue weighted by Gasteiger charge is 2.21. The van der Waals surface area contributed by atoms with Crippen LogP contribution in [0.2, 0.25) is 0 Å². The molecule has 2 aromatic heterocycles. The van der Waals surface area contributed by atoms with E-state index in [4.69, 9.17) is 4.74 Å². The predicted molar refractivity (Wildman–Crippen MR) is 93.9 cm³/mol. The molecule has 0 amide bonds. The quantitative estimate of drug-likeness (QED) is 0.631. The second kappa shape index (κ2) is 5.44. The first-order valence-electron chi connectivity index (χ1n) is 7.95. The van der Waals surface area contributed by atoms with E-state index in [9.17, 15) is 4.79 Å². The Hall–Kier alpha value is -3.16. The Balaban J connectivity index is 1.70. The lowest BCUT2D eigenvalue weighted by atomic mass is 10.1. The number of imidazole rings is 1. The number of carbonyl (C=O) groups excluding carboxylic acids is 1. The Morgan fingerprint density at radius 1 is 1.24 bits per heavy atom. The molecule has 1 aliphatic heterocycles. The molecular formula is C17H18N6O2. The van der Waals surface area contributed by atoms with Gasteiger partial charge in [0.05, 0.1) is 11.9 Å². The van der Waals surface area contributed by atoms with Crippen molar-refractivity contribution in [3.8, 4) is 0 Å². The molecule has 0 spiro atoms. The van der Waals surface area contributed by atoms with Crippen LogP contribution in [0.5, 0.6) is 0 Å². The van der Waals surface area contributed by atoms with Gasteiger partial charge in [0.1, 0.15) is 12.1 Å². The Labute approximate surface area is 144 Å². The lowest BCUT2D eigenvalue weighted by molar-refractivity contribution is 0.0535. The minimum absolute atomic E-state index is 0.166. The second-order valence-electron chi connectivity index (χ2n) is 6.95. The summed E-state index contributed by atoms with van der Waals surface area (Å²) in [4.78, 5) is 27.9. The molecule has 8 heteroatoms. The lowest BCUT2D eigenvalue weighted by Crippen LogP contribution is -2.27. The van der Waals surface area contributed by atoms with E-state index in [1.165, 1.54) is 0 Å². The monoisotopic (exact) mass is 338 g/mol. The molecule has 8 nitrogen and oxygen atoms in total. The van der Waals surface area contributed by atoms with Gasteiger partial charge < -0.3 is 20.4 Å². The van der Waals surface area contributed by atoms with Crippen LogP contribution in [-0.2, 0) is 11.3 Å². The molecule has 0 unspecified atom stereocenters. The first-order chi connectivity index (χ1) is 11.9. The van der Waals surface area contributed by atoms with Crippen molar-refractivity contribution in [2.45, 2.75) is 32.9 Å². The van der Waals surface area contributed by atoms with Gasteiger partial charge in [-0.3, -0.25) is 0 Å². The van der Waals surface area contributed by atoms with E-state index in [0.717, 1.165) is 11.1 Å². The molecule has 0 aliphatic carbocycles. The molecule has 3 heterocycles. The molecular weight excluding hydrogens is 320 g/mol. The number of nitrogens with one attached hydrogen (secondary N) is 3. The summed E-state index contributed by atoms with van der Waals surface area (Å²) in [7, 11) is 0. The molecule has 0 fully saturated rings. The summed E-state index contributed by atoms with van der Waals surface area (Å²) >= 11 is 0. The van der Waals surface area contributed by atoms with Crippen LogP contribution < -0.4 is 10.6 Å². The van der Waals surface area contributed by atoms with Gasteiger partial charge in [-0.1, -0.05) is 6.07 Å². The number of nitrogens with zero attached hydrogens (tertiary/aromatic N) is 3. The van der Waals surface area contributed by atoms with Crippen molar-refractivity contribution in [2.75, 3.05) is 10.6 Å². The Bertz CT molecular complexity index is 973. The van der Waals surface area contributed by atoms with Crippen LogP contribution in [0.3, 0.4) is 0 Å². The highest BCUT2D eigenvalue weighted by molar-refractivity contribution is 5.94. The number of hydrogen-bond donors (Lipinski definition) is 3. The number of hydrogen-bond acceptors (Lipinski definition) is 7. The fourth-order valence-corrected chi connectivity index (χ4v) is 2.66. The highest BCUT2D eigenvalue weighted by atomic mass is 16.5. The zero-order valence-electron chi connectivity index (χ0n) is 14.2. The number of fused-ring (bicyclic) bond motifs is 2. The number of anilines is 3. The van der Waals surface area contributed by atoms with Crippen molar-refractivity contribution in [3.63, 3.8) is 0 Å². The molecule has 0 saturated carbocycles. The van der Waals surface area contributed by atoms with Gasteiger partial charge in [-0.25, -0.2) is 9.78 Å². The SMILES string of the molecule is CC(C)(C)Nc1nc(Nc2ccc3c(c2)C(=O)OC3)nc2nc[nH]c12. The molecule has 0 radical (unpaired) electrons. The predicted octanol–water partition coefficient (Wildman–Crippen LogP) is 2.98. The first-order valence-corrected chi connectivity index (χ1v) is 7.95. The van der Waals surface area contributed by atoms with Crippen molar-refractivity contribution >= 4 is 34.6 Å². The summed E-state index contributed by atoms with van der Waals surface area (Å²) in [6, 6.07) is 5.49. The maximum absolute atomic E-state index is 11.7. The fourth-order valence-electron chi connectivity index (χ4n) is 2.66. The van der Waals surface area contributed by atoms with Crippen molar-refractivity contribution in [1.29, 1.82) is 0 Å². The van der Waals surface area contributed by atoms with Gasteiger partial charge in [0.2, 0.25) is 5.95 Å². The number of aromatic amines is 1. The Morgan fingerprint density at radius 3 is 2.88 bits per heavy atom. The smallest absolute Gasteiger partial charge is 0.338 e. The summed E-state index contributed by atoms with van der Waals surface area (Å²) in [5, 5.41) is 6.49. The van der Waals surface area contributed by atoms with Gasteiger partial charge in [0, 0.05) is 16.8 Å². The minimum atomic E-state index is -0.308. The van der Waals surface area contributed by atoms with Crippen LogP contribution >= 0.6 is 0 Å². The largest absolute Gasteiger partial charge is 0.457 e. The summed E-state index contributed by atoms with van der Waals surface area (Å²) in [6.07, 6.45) is 1.59. The number of esters is 1. The average molecular weight is 338 g/mol. The second-order valence-corrected chi connectivity index (χ2v) is 6.95. The zero-order chi connectivity index (χ0) is 17.6. The van der Waals surface area contributed by atoms with Crippen molar-refractivity contribution in [3.05, 3.63) is 35.7 Å². The summed E-state index contributed by atoms with van der Waals surface area (Å²) in [5.74, 6) is 0.758. The van der Waals surface area contributed by atoms with Gasteiger partial charge in [0.25, 0.3) is 0 Å². The number of H-pyrrole nitrogens is 1. The average Bonchev–Trinajstić information content (AvgIpc) is 3.13. The molecule has 0 atom stereocenters. The molecule has 0 saturated heterocycles. The molecule has 1 aliphatic rings. The molecule has 25 heavy (non-hydrogen) atoms. The maximum atomic E-state index is 11.7. The van der Waals surface area contributed by atoms with Crippen LogP contribution in [-0.4, -0.2) is 31.4 Å². The topological polar surface area (TPSA) is 105 Å². The fraction of sp³-hybridized carbons (Fsp3) is 0.294. The van der Waals surface area contributed by atoms with Crippen molar-refractivity contribution in [2.24, 2.45) is 0 Å². The highest BCUT2D eigenvalue weighted by Crippen LogP contribution is 2.27. The van der Waals surface area contributed by atoms with Gasteiger partial charge in [0.15, 0.2) is 11.5 Å². The third-order valence-electron chi connectivity index (χ3n) is 3.72. The number of cyclic esters (lactones) is 1. The van der Waals surface area contributed by atoms with Gasteiger partial charge >= 0.3 is 5.97 Å². The summed E-state index contributed by atoms with van der Waals surface area (Å²) in [5.41, 5.74) is 3.31. The lowest BCUT2D eigenvalue weighted by Gasteiger charge is -2.21.